The molecule has 0 atom stereocenters. The topological polar surface area (TPSA) is 43.4 Å². The molecule has 0 amide bonds. The Morgan fingerprint density at radius 3 is 1.86 bits per heavy atom. The van der Waals surface area contributed by atoms with Gasteiger partial charge in [0.25, 0.3) is 0 Å². The van der Waals surface area contributed by atoms with Crippen molar-refractivity contribution in [2.24, 2.45) is 0 Å². The van der Waals surface area contributed by atoms with Crippen LogP contribution in [0.3, 0.4) is 0 Å². The van der Waals surface area contributed by atoms with Crippen LogP contribution in [0.1, 0.15) is 13.3 Å². The fourth-order valence-electron chi connectivity index (χ4n) is 0.531. The molecular formula is C6H5F5O3. The van der Waals surface area contributed by atoms with Gasteiger partial charge in [-0.25, -0.2) is 4.74 Å². The Bertz CT molecular complexity index is 244. The monoisotopic (exact) mass is 220 g/mol. The normalized spacial score (nSPS) is 12.7. The number of carbonyl (C=O) groups excluding carboxylic acids is 2. The van der Waals surface area contributed by atoms with Crippen LogP contribution in [-0.4, -0.2) is 24.0 Å². The third-order valence-corrected chi connectivity index (χ3v) is 0.978. The van der Waals surface area contributed by atoms with E-state index in [-0.39, 0.29) is 0 Å². The van der Waals surface area contributed by atoms with E-state index in [2.05, 4.69) is 4.74 Å². The van der Waals surface area contributed by atoms with Gasteiger partial charge in [-0.05, 0) is 6.92 Å². The van der Waals surface area contributed by atoms with Crippen molar-refractivity contribution in [3.63, 3.8) is 0 Å². The number of hydrogen-bond donors (Lipinski definition) is 0. The first-order chi connectivity index (χ1) is 6.04. The third-order valence-electron chi connectivity index (χ3n) is 0.978. The Hall–Kier alpha value is -1.05. The van der Waals surface area contributed by atoms with Crippen LogP contribution < -0.4 is 0 Å². The Morgan fingerprint density at radius 2 is 1.57 bits per heavy atom. The van der Waals surface area contributed by atoms with E-state index in [0.29, 0.717) is 0 Å². The highest BCUT2D eigenvalue weighted by Crippen LogP contribution is 2.29. The van der Waals surface area contributed by atoms with Crippen molar-refractivity contribution in [2.45, 2.75) is 25.8 Å². The van der Waals surface area contributed by atoms with Crippen molar-refractivity contribution in [3.05, 3.63) is 0 Å². The molecule has 14 heavy (non-hydrogen) atoms. The minimum Gasteiger partial charge on any atom is -0.300 e. The second kappa shape index (κ2) is 3.99. The van der Waals surface area contributed by atoms with E-state index in [1.165, 1.54) is 0 Å². The molecule has 82 valence electrons. The van der Waals surface area contributed by atoms with Crippen molar-refractivity contribution >= 4 is 11.6 Å². The molecule has 0 heterocycles. The Morgan fingerprint density at radius 1 is 1.14 bits per heavy atom. The number of rotatable bonds is 4. The number of ether oxygens (including phenoxy) is 1. The predicted molar refractivity (Wildman–Crippen MR) is 32.4 cm³/mol. The van der Waals surface area contributed by atoms with Gasteiger partial charge in [-0.15, -0.1) is 13.2 Å². The van der Waals surface area contributed by atoms with Gasteiger partial charge < -0.3 is 0 Å². The summed E-state index contributed by atoms with van der Waals surface area (Å²) in [5, 5.41) is 0. The highest BCUT2D eigenvalue weighted by atomic mass is 19.4. The van der Waals surface area contributed by atoms with Gasteiger partial charge in [0.05, 0.1) is 6.42 Å². The molecule has 0 aromatic carbocycles. The highest BCUT2D eigenvalue weighted by Gasteiger charge is 2.50. The van der Waals surface area contributed by atoms with Crippen LogP contribution in [0.15, 0.2) is 0 Å². The number of carbonyl (C=O) groups is 2. The molecule has 3 nitrogen and oxygen atoms in total. The molecule has 0 bridgehead atoms. The molecule has 0 radical (unpaired) electrons. The fraction of sp³-hybridized carbons (Fsp3) is 0.667. The molecule has 0 N–H and O–H groups in total. The SMILES string of the molecule is CC(=O)CC(=O)C(F)(F)OC(F)(F)F. The van der Waals surface area contributed by atoms with Crippen molar-refractivity contribution in [2.75, 3.05) is 0 Å². The summed E-state index contributed by atoms with van der Waals surface area (Å²) >= 11 is 0. The van der Waals surface area contributed by atoms with E-state index >= 15 is 0 Å². The van der Waals surface area contributed by atoms with Gasteiger partial charge in [-0.3, -0.25) is 9.59 Å². The van der Waals surface area contributed by atoms with Crippen molar-refractivity contribution in [1.29, 1.82) is 0 Å². The molecule has 0 aliphatic heterocycles. The first kappa shape index (κ1) is 12.9. The molecule has 0 aromatic heterocycles. The number of Topliss-reactive ketones (excluding diaryl/α,β-unsaturated/α-hetero) is 2. The Balaban J connectivity index is 4.46. The third kappa shape index (κ3) is 4.85. The molecule has 0 aliphatic carbocycles. The minimum atomic E-state index is -5.63. The maximum Gasteiger partial charge on any atom is 0.527 e. The van der Waals surface area contributed by atoms with Crippen LogP contribution in [0.5, 0.6) is 0 Å². The van der Waals surface area contributed by atoms with Gasteiger partial charge in [0.15, 0.2) is 0 Å². The zero-order chi connectivity index (χ0) is 11.6. The van der Waals surface area contributed by atoms with Gasteiger partial charge in [0, 0.05) is 0 Å². The molecule has 0 saturated carbocycles. The van der Waals surface area contributed by atoms with Crippen molar-refractivity contribution in [1.82, 2.24) is 0 Å². The van der Waals surface area contributed by atoms with E-state index < -0.39 is 30.5 Å². The molecular weight excluding hydrogens is 215 g/mol. The summed E-state index contributed by atoms with van der Waals surface area (Å²) in [5.74, 6) is -3.19. The van der Waals surface area contributed by atoms with E-state index in [9.17, 15) is 31.5 Å². The van der Waals surface area contributed by atoms with Crippen LogP contribution >= 0.6 is 0 Å². The average molecular weight is 220 g/mol. The summed E-state index contributed by atoms with van der Waals surface area (Å²) in [7, 11) is 0. The molecule has 0 saturated heterocycles. The quantitative estimate of drug-likeness (QED) is 0.534. The molecule has 0 aromatic rings. The highest BCUT2D eigenvalue weighted by molar-refractivity contribution is 6.00. The lowest BCUT2D eigenvalue weighted by Crippen LogP contribution is -2.38. The smallest absolute Gasteiger partial charge is 0.300 e. The summed E-state index contributed by atoms with van der Waals surface area (Å²) in [6.07, 6.45) is -11.9. The molecule has 0 unspecified atom stereocenters. The number of halogens is 5. The summed E-state index contributed by atoms with van der Waals surface area (Å²) in [6, 6.07) is 0. The zero-order valence-corrected chi connectivity index (χ0v) is 6.82. The van der Waals surface area contributed by atoms with Gasteiger partial charge in [0.2, 0.25) is 5.78 Å². The van der Waals surface area contributed by atoms with Crippen LogP contribution in [0.25, 0.3) is 0 Å². The van der Waals surface area contributed by atoms with Gasteiger partial charge in [0.1, 0.15) is 5.78 Å². The zero-order valence-electron chi connectivity index (χ0n) is 6.82. The predicted octanol–water partition coefficient (Wildman–Crippen LogP) is 1.66. The lowest BCUT2D eigenvalue weighted by Gasteiger charge is -2.16. The van der Waals surface area contributed by atoms with E-state index in [4.69, 9.17) is 0 Å². The average Bonchev–Trinajstić information content (AvgIpc) is 1.78. The molecule has 0 fully saturated rings. The molecule has 0 spiro atoms. The van der Waals surface area contributed by atoms with Crippen molar-refractivity contribution in [3.8, 4) is 0 Å². The standard InChI is InChI=1S/C6H5F5O3/c1-3(12)2-4(13)5(7,8)14-6(9,10)11/h2H2,1H3. The second-order valence-corrected chi connectivity index (χ2v) is 2.37. The van der Waals surface area contributed by atoms with Gasteiger partial charge in [-0.2, -0.15) is 8.78 Å². The first-order valence-electron chi connectivity index (χ1n) is 3.22. The Kier molecular flexibility index (Phi) is 3.69. The van der Waals surface area contributed by atoms with E-state index in [1.54, 1.807) is 0 Å². The summed E-state index contributed by atoms with van der Waals surface area (Å²) in [4.78, 5) is 20.5. The van der Waals surface area contributed by atoms with Crippen LogP contribution in [0.2, 0.25) is 0 Å². The van der Waals surface area contributed by atoms with Crippen LogP contribution in [0, 0.1) is 0 Å². The van der Waals surface area contributed by atoms with E-state index in [1.807, 2.05) is 0 Å². The van der Waals surface area contributed by atoms with Crippen LogP contribution in [-0.2, 0) is 14.3 Å². The first-order valence-corrected chi connectivity index (χ1v) is 3.22. The summed E-state index contributed by atoms with van der Waals surface area (Å²) in [5.41, 5.74) is 0. The Labute approximate surface area is 74.8 Å². The van der Waals surface area contributed by atoms with Crippen molar-refractivity contribution < 1.29 is 36.3 Å². The largest absolute Gasteiger partial charge is 0.527 e. The maximum atomic E-state index is 12.2. The summed E-state index contributed by atoms with van der Waals surface area (Å²) < 4.78 is 60.6. The van der Waals surface area contributed by atoms with Gasteiger partial charge >= 0.3 is 12.5 Å². The fourth-order valence-corrected chi connectivity index (χ4v) is 0.531. The summed E-state index contributed by atoms with van der Waals surface area (Å²) in [6.45, 7) is 0.793. The second-order valence-electron chi connectivity index (χ2n) is 2.37. The number of ketones is 2. The van der Waals surface area contributed by atoms with Gasteiger partial charge in [-0.1, -0.05) is 0 Å². The lowest BCUT2D eigenvalue weighted by molar-refractivity contribution is -0.409. The van der Waals surface area contributed by atoms with E-state index in [0.717, 1.165) is 6.92 Å². The number of hydrogen-bond acceptors (Lipinski definition) is 3. The van der Waals surface area contributed by atoms with Crippen LogP contribution in [0.4, 0.5) is 22.0 Å². The molecule has 0 rings (SSSR count). The molecule has 0 aliphatic rings. The number of alkyl halides is 5. The molecule has 8 heteroatoms. The minimum absolute atomic E-state index is 0.793. The maximum absolute atomic E-state index is 12.2. The lowest BCUT2D eigenvalue weighted by atomic mass is 10.2.